The second-order valence-electron chi connectivity index (χ2n) is 2.59. The maximum Gasteiger partial charge on any atom is 0.0471 e. The van der Waals surface area contributed by atoms with Crippen LogP contribution in [-0.4, -0.2) is 24.3 Å². The molecule has 1 unspecified atom stereocenters. The van der Waals surface area contributed by atoms with Gasteiger partial charge in [0, 0.05) is 19.2 Å². The number of aliphatic hydroxyl groups is 1. The summed E-state index contributed by atoms with van der Waals surface area (Å²) < 4.78 is 0. The predicted molar refractivity (Wildman–Crippen MR) is 32.7 cm³/mol. The van der Waals surface area contributed by atoms with Gasteiger partial charge in [-0.15, -0.1) is 0 Å². The van der Waals surface area contributed by atoms with Gasteiger partial charge in [-0.25, -0.2) is 0 Å². The van der Waals surface area contributed by atoms with E-state index in [4.69, 9.17) is 5.11 Å². The molecular weight excluding hydrogens is 102 g/mol. The highest BCUT2D eigenvalue weighted by Gasteiger charge is 2.18. The molecule has 0 aromatic carbocycles. The number of hydrogen-bond acceptors (Lipinski definition) is 2. The van der Waals surface area contributed by atoms with Crippen LogP contribution < -0.4 is 5.32 Å². The Balaban J connectivity index is 2.22. The van der Waals surface area contributed by atoms with Crippen molar-refractivity contribution in [3.8, 4) is 0 Å². The molecule has 2 nitrogen and oxygen atoms in total. The first-order valence-corrected chi connectivity index (χ1v) is 3.17. The van der Waals surface area contributed by atoms with E-state index in [1.807, 2.05) is 0 Å². The van der Waals surface area contributed by atoms with Crippen LogP contribution in [-0.2, 0) is 0 Å². The van der Waals surface area contributed by atoms with Crippen LogP contribution in [0.15, 0.2) is 0 Å². The maximum atomic E-state index is 8.64. The van der Waals surface area contributed by atoms with Gasteiger partial charge in [0.25, 0.3) is 0 Å². The zero-order valence-corrected chi connectivity index (χ0v) is 5.22. The molecule has 0 saturated carbocycles. The van der Waals surface area contributed by atoms with Crippen LogP contribution >= 0.6 is 0 Å². The Kier molecular flexibility index (Phi) is 1.86. The van der Waals surface area contributed by atoms with Gasteiger partial charge >= 0.3 is 0 Å². The minimum absolute atomic E-state index is 0.345. The smallest absolute Gasteiger partial charge is 0.0471 e. The molecule has 1 aliphatic rings. The van der Waals surface area contributed by atoms with Crippen molar-refractivity contribution in [2.45, 2.75) is 19.4 Å². The zero-order valence-electron chi connectivity index (χ0n) is 5.22. The normalized spacial score (nSPS) is 38.2. The minimum atomic E-state index is 0.345. The van der Waals surface area contributed by atoms with E-state index in [2.05, 4.69) is 12.2 Å². The number of hydrogen-bond donors (Lipinski definition) is 2. The minimum Gasteiger partial charge on any atom is -0.396 e. The predicted octanol–water partition coefficient (Wildman–Crippen LogP) is -0.0233. The van der Waals surface area contributed by atoms with Gasteiger partial charge < -0.3 is 10.4 Å². The molecule has 1 fully saturated rings. The Morgan fingerprint density at radius 1 is 1.75 bits per heavy atom. The summed E-state index contributed by atoms with van der Waals surface area (Å²) in [5.41, 5.74) is 0. The van der Waals surface area contributed by atoms with Crippen LogP contribution in [0.5, 0.6) is 0 Å². The quantitative estimate of drug-likeness (QED) is 0.503. The van der Waals surface area contributed by atoms with Gasteiger partial charge in [0.15, 0.2) is 0 Å². The van der Waals surface area contributed by atoms with Crippen LogP contribution in [0.4, 0.5) is 0 Å². The number of nitrogens with one attached hydrogen (secondary N) is 1. The molecule has 1 rings (SSSR count). The molecule has 0 aliphatic carbocycles. The Hall–Kier alpha value is -0.0800. The standard InChI is InChI=1S/C6H13NO/c1-5-2-6(4-8)3-7-5/h5-8H,2-4H2,1H3/t5-,6?/m1/s1. The van der Waals surface area contributed by atoms with E-state index in [0.29, 0.717) is 18.6 Å². The highest BCUT2D eigenvalue weighted by molar-refractivity contribution is 4.76. The van der Waals surface area contributed by atoms with E-state index in [1.165, 1.54) is 0 Å². The molecule has 2 atom stereocenters. The monoisotopic (exact) mass is 115 g/mol. The Labute approximate surface area is 49.9 Å². The lowest BCUT2D eigenvalue weighted by atomic mass is 10.1. The third-order valence-corrected chi connectivity index (χ3v) is 1.70. The lowest BCUT2D eigenvalue weighted by molar-refractivity contribution is 0.236. The lowest BCUT2D eigenvalue weighted by Gasteiger charge is -1.99. The van der Waals surface area contributed by atoms with Gasteiger partial charge in [-0.3, -0.25) is 0 Å². The van der Waals surface area contributed by atoms with E-state index in [9.17, 15) is 0 Å². The fourth-order valence-electron chi connectivity index (χ4n) is 1.17. The number of aliphatic hydroxyl groups excluding tert-OH is 1. The number of rotatable bonds is 1. The SMILES string of the molecule is C[C@@H]1CC(CO)CN1. The highest BCUT2D eigenvalue weighted by atomic mass is 16.3. The average Bonchev–Trinajstić information content (AvgIpc) is 2.14. The third-order valence-electron chi connectivity index (χ3n) is 1.70. The van der Waals surface area contributed by atoms with Crippen molar-refractivity contribution < 1.29 is 5.11 Å². The summed E-state index contributed by atoms with van der Waals surface area (Å²) >= 11 is 0. The van der Waals surface area contributed by atoms with Crippen LogP contribution in [0.2, 0.25) is 0 Å². The summed E-state index contributed by atoms with van der Waals surface area (Å²) in [6, 6.07) is 0.618. The van der Waals surface area contributed by atoms with Crippen LogP contribution in [0.1, 0.15) is 13.3 Å². The topological polar surface area (TPSA) is 32.3 Å². The van der Waals surface area contributed by atoms with Crippen molar-refractivity contribution in [1.82, 2.24) is 5.32 Å². The first kappa shape index (κ1) is 6.05. The molecule has 0 radical (unpaired) electrons. The molecule has 48 valence electrons. The molecule has 2 N–H and O–H groups in total. The first-order valence-electron chi connectivity index (χ1n) is 3.17. The van der Waals surface area contributed by atoms with E-state index >= 15 is 0 Å². The molecule has 0 amide bonds. The van der Waals surface area contributed by atoms with Crippen LogP contribution in [0, 0.1) is 5.92 Å². The highest BCUT2D eigenvalue weighted by Crippen LogP contribution is 2.11. The zero-order chi connectivity index (χ0) is 5.98. The molecular formula is C6H13NO. The summed E-state index contributed by atoms with van der Waals surface area (Å²) in [5, 5.41) is 11.9. The molecule has 1 heterocycles. The molecule has 0 bridgehead atoms. The van der Waals surface area contributed by atoms with Crippen molar-refractivity contribution in [3.05, 3.63) is 0 Å². The summed E-state index contributed by atoms with van der Waals surface area (Å²) in [6.45, 7) is 3.49. The third kappa shape index (κ3) is 1.20. The largest absolute Gasteiger partial charge is 0.396 e. The average molecular weight is 115 g/mol. The van der Waals surface area contributed by atoms with Crippen LogP contribution in [0.3, 0.4) is 0 Å². The van der Waals surface area contributed by atoms with Gasteiger partial charge in [0.1, 0.15) is 0 Å². The molecule has 0 spiro atoms. The fraction of sp³-hybridized carbons (Fsp3) is 1.00. The Morgan fingerprint density at radius 3 is 2.75 bits per heavy atom. The maximum absolute atomic E-state index is 8.64. The second kappa shape index (κ2) is 2.46. The Morgan fingerprint density at radius 2 is 2.50 bits per heavy atom. The molecule has 0 aromatic rings. The van der Waals surface area contributed by atoms with Crippen molar-refractivity contribution in [2.75, 3.05) is 13.2 Å². The van der Waals surface area contributed by atoms with Crippen molar-refractivity contribution in [1.29, 1.82) is 0 Å². The molecule has 2 heteroatoms. The molecule has 8 heavy (non-hydrogen) atoms. The molecule has 1 aliphatic heterocycles. The van der Waals surface area contributed by atoms with Gasteiger partial charge in [-0.2, -0.15) is 0 Å². The van der Waals surface area contributed by atoms with Crippen molar-refractivity contribution >= 4 is 0 Å². The fourth-order valence-corrected chi connectivity index (χ4v) is 1.17. The van der Waals surface area contributed by atoms with E-state index in [0.717, 1.165) is 13.0 Å². The van der Waals surface area contributed by atoms with Gasteiger partial charge in [-0.1, -0.05) is 0 Å². The van der Waals surface area contributed by atoms with E-state index in [1.54, 1.807) is 0 Å². The van der Waals surface area contributed by atoms with Crippen molar-refractivity contribution in [2.24, 2.45) is 5.92 Å². The van der Waals surface area contributed by atoms with E-state index in [-0.39, 0.29) is 0 Å². The summed E-state index contributed by atoms with van der Waals surface area (Å²) in [7, 11) is 0. The summed E-state index contributed by atoms with van der Waals surface area (Å²) in [5.74, 6) is 0.519. The second-order valence-corrected chi connectivity index (χ2v) is 2.59. The molecule has 1 saturated heterocycles. The van der Waals surface area contributed by atoms with Crippen molar-refractivity contribution in [3.63, 3.8) is 0 Å². The van der Waals surface area contributed by atoms with E-state index < -0.39 is 0 Å². The lowest BCUT2D eigenvalue weighted by Crippen LogP contribution is -2.17. The summed E-state index contributed by atoms with van der Waals surface area (Å²) in [4.78, 5) is 0. The Bertz CT molecular complexity index is 74.9. The van der Waals surface area contributed by atoms with Crippen LogP contribution in [0.25, 0.3) is 0 Å². The van der Waals surface area contributed by atoms with Gasteiger partial charge in [-0.05, 0) is 19.3 Å². The first-order chi connectivity index (χ1) is 3.83. The summed E-state index contributed by atoms with van der Waals surface area (Å²) in [6.07, 6.45) is 1.14. The van der Waals surface area contributed by atoms with Gasteiger partial charge in [0.2, 0.25) is 0 Å². The molecule has 0 aromatic heterocycles. The van der Waals surface area contributed by atoms with Gasteiger partial charge in [0.05, 0.1) is 0 Å².